The van der Waals surface area contributed by atoms with Crippen LogP contribution in [0.4, 0.5) is 10.1 Å². The van der Waals surface area contributed by atoms with Crippen LogP contribution >= 0.6 is 11.6 Å². The summed E-state index contributed by atoms with van der Waals surface area (Å²) in [4.78, 5) is 24.1. The Morgan fingerprint density at radius 2 is 1.96 bits per heavy atom. The van der Waals surface area contributed by atoms with Crippen LogP contribution in [-0.4, -0.2) is 25.1 Å². The maximum atomic E-state index is 13.5. The number of esters is 1. The van der Waals surface area contributed by atoms with Gasteiger partial charge in [-0.3, -0.25) is 9.59 Å². The van der Waals surface area contributed by atoms with Crippen molar-refractivity contribution in [2.45, 2.75) is 19.4 Å². The molecule has 0 spiro atoms. The Balaban J connectivity index is 1.97. The summed E-state index contributed by atoms with van der Waals surface area (Å²) in [6, 6.07) is 10.6. The molecule has 1 atom stereocenters. The van der Waals surface area contributed by atoms with Crippen molar-refractivity contribution >= 4 is 29.2 Å². The minimum atomic E-state index is -1.07. The topological polar surface area (TPSA) is 64.6 Å². The van der Waals surface area contributed by atoms with Crippen molar-refractivity contribution in [3.8, 4) is 5.75 Å². The van der Waals surface area contributed by atoms with E-state index in [1.807, 2.05) is 0 Å². The molecule has 0 heterocycles. The molecule has 0 bridgehead atoms. The molecule has 132 valence electrons. The van der Waals surface area contributed by atoms with Gasteiger partial charge in [-0.1, -0.05) is 29.8 Å². The highest BCUT2D eigenvalue weighted by atomic mass is 35.5. The maximum absolute atomic E-state index is 13.5. The van der Waals surface area contributed by atoms with Gasteiger partial charge in [-0.05, 0) is 36.8 Å². The highest BCUT2D eigenvalue weighted by molar-refractivity contribution is 6.31. The number of anilines is 1. The van der Waals surface area contributed by atoms with E-state index in [2.05, 4.69) is 5.32 Å². The molecule has 2 rings (SSSR count). The zero-order valence-electron chi connectivity index (χ0n) is 13.7. The molecule has 0 saturated carbocycles. The third-order valence-electron chi connectivity index (χ3n) is 3.39. The van der Waals surface area contributed by atoms with Gasteiger partial charge in [-0.15, -0.1) is 0 Å². The van der Waals surface area contributed by atoms with Gasteiger partial charge >= 0.3 is 5.97 Å². The summed E-state index contributed by atoms with van der Waals surface area (Å²) in [6.07, 6.45) is -1.33. The molecule has 0 radical (unpaired) electrons. The van der Waals surface area contributed by atoms with Crippen molar-refractivity contribution < 1.29 is 23.5 Å². The van der Waals surface area contributed by atoms with E-state index in [9.17, 15) is 14.0 Å². The number of amides is 1. The summed E-state index contributed by atoms with van der Waals surface area (Å²) < 4.78 is 23.7. The summed E-state index contributed by atoms with van der Waals surface area (Å²) in [5, 5.41) is 3.00. The normalized spacial score (nSPS) is 11.5. The predicted octanol–water partition coefficient (Wildman–Crippen LogP) is 3.60. The second kappa shape index (κ2) is 8.48. The Morgan fingerprint density at radius 1 is 1.24 bits per heavy atom. The molecule has 0 unspecified atom stereocenters. The van der Waals surface area contributed by atoms with Gasteiger partial charge in [0.25, 0.3) is 5.91 Å². The van der Waals surface area contributed by atoms with Gasteiger partial charge in [0.1, 0.15) is 11.6 Å². The number of carbonyl (C=O) groups excluding carboxylic acids is 2. The standard InChI is InChI=1S/C18H17ClFNO4/c1-11(25-17(22)9-12-5-3-4-6-14(12)20)18(23)21-15-10-13(19)7-8-16(15)24-2/h3-8,10-11H,9H2,1-2H3,(H,21,23)/t11-/m1/s1. The van der Waals surface area contributed by atoms with Gasteiger partial charge < -0.3 is 14.8 Å². The highest BCUT2D eigenvalue weighted by Crippen LogP contribution is 2.27. The largest absolute Gasteiger partial charge is 0.495 e. The lowest BCUT2D eigenvalue weighted by molar-refractivity contribution is -0.152. The van der Waals surface area contributed by atoms with Crippen LogP contribution < -0.4 is 10.1 Å². The lowest BCUT2D eigenvalue weighted by atomic mass is 10.1. The summed E-state index contributed by atoms with van der Waals surface area (Å²) in [5.74, 6) is -1.34. The van der Waals surface area contributed by atoms with E-state index in [1.54, 1.807) is 18.2 Å². The highest BCUT2D eigenvalue weighted by Gasteiger charge is 2.20. The van der Waals surface area contributed by atoms with Crippen LogP contribution in [0.5, 0.6) is 5.75 Å². The number of methoxy groups -OCH3 is 1. The minimum Gasteiger partial charge on any atom is -0.495 e. The van der Waals surface area contributed by atoms with Crippen molar-refractivity contribution in [3.05, 3.63) is 58.9 Å². The number of rotatable bonds is 6. The second-order valence-corrected chi connectivity index (χ2v) is 5.67. The number of ether oxygens (including phenoxy) is 2. The molecular formula is C18H17ClFNO4. The van der Waals surface area contributed by atoms with Crippen LogP contribution in [0.15, 0.2) is 42.5 Å². The molecular weight excluding hydrogens is 349 g/mol. The van der Waals surface area contributed by atoms with Crippen LogP contribution in [-0.2, 0) is 20.7 Å². The fourth-order valence-corrected chi connectivity index (χ4v) is 2.27. The SMILES string of the molecule is COc1ccc(Cl)cc1NC(=O)[C@@H](C)OC(=O)Cc1ccccc1F. The summed E-state index contributed by atoms with van der Waals surface area (Å²) in [5.41, 5.74) is 0.564. The van der Waals surface area contributed by atoms with Crippen LogP contribution in [0, 0.1) is 5.82 Å². The first-order chi connectivity index (χ1) is 11.9. The van der Waals surface area contributed by atoms with E-state index in [0.29, 0.717) is 16.5 Å². The van der Waals surface area contributed by atoms with Gasteiger partial charge in [0.15, 0.2) is 6.10 Å². The van der Waals surface area contributed by atoms with Crippen molar-refractivity contribution in [2.24, 2.45) is 0 Å². The quantitative estimate of drug-likeness (QED) is 0.794. The summed E-state index contributed by atoms with van der Waals surface area (Å²) >= 11 is 5.90. The van der Waals surface area contributed by atoms with E-state index in [-0.39, 0.29) is 12.0 Å². The zero-order valence-corrected chi connectivity index (χ0v) is 14.5. The first-order valence-corrected chi connectivity index (χ1v) is 7.85. The van der Waals surface area contributed by atoms with Crippen LogP contribution in [0.25, 0.3) is 0 Å². The molecule has 2 aromatic carbocycles. The average molecular weight is 366 g/mol. The number of hydrogen-bond acceptors (Lipinski definition) is 4. The van der Waals surface area contributed by atoms with Crippen molar-refractivity contribution in [3.63, 3.8) is 0 Å². The van der Waals surface area contributed by atoms with Gasteiger partial charge in [-0.2, -0.15) is 0 Å². The molecule has 0 saturated heterocycles. The van der Waals surface area contributed by atoms with Crippen molar-refractivity contribution in [2.75, 3.05) is 12.4 Å². The fourth-order valence-electron chi connectivity index (χ4n) is 2.10. The Hall–Kier alpha value is -2.60. The molecule has 1 N–H and O–H groups in total. The lowest BCUT2D eigenvalue weighted by Gasteiger charge is -2.15. The van der Waals surface area contributed by atoms with Crippen LogP contribution in [0.2, 0.25) is 5.02 Å². The second-order valence-electron chi connectivity index (χ2n) is 5.23. The van der Waals surface area contributed by atoms with E-state index in [0.717, 1.165) is 0 Å². The van der Waals surface area contributed by atoms with Crippen molar-refractivity contribution in [1.29, 1.82) is 0 Å². The Kier molecular flexibility index (Phi) is 6.36. The smallest absolute Gasteiger partial charge is 0.311 e. The maximum Gasteiger partial charge on any atom is 0.311 e. The molecule has 25 heavy (non-hydrogen) atoms. The molecule has 5 nitrogen and oxygen atoms in total. The monoisotopic (exact) mass is 365 g/mol. The number of halogens is 2. The minimum absolute atomic E-state index is 0.205. The molecule has 0 aromatic heterocycles. The van der Waals surface area contributed by atoms with Crippen LogP contribution in [0.1, 0.15) is 12.5 Å². The van der Waals surface area contributed by atoms with E-state index in [1.165, 1.54) is 38.3 Å². The van der Waals surface area contributed by atoms with Gasteiger partial charge in [-0.25, -0.2) is 4.39 Å². The van der Waals surface area contributed by atoms with E-state index in [4.69, 9.17) is 21.1 Å². The Morgan fingerprint density at radius 3 is 2.64 bits per heavy atom. The van der Waals surface area contributed by atoms with Crippen molar-refractivity contribution in [1.82, 2.24) is 0 Å². The average Bonchev–Trinajstić information content (AvgIpc) is 2.57. The fraction of sp³-hybridized carbons (Fsp3) is 0.222. The predicted molar refractivity (Wildman–Crippen MR) is 92.3 cm³/mol. The van der Waals surface area contributed by atoms with E-state index < -0.39 is 23.8 Å². The van der Waals surface area contributed by atoms with Crippen LogP contribution in [0.3, 0.4) is 0 Å². The van der Waals surface area contributed by atoms with Gasteiger partial charge in [0, 0.05) is 5.02 Å². The molecule has 0 aliphatic heterocycles. The molecule has 0 aliphatic carbocycles. The van der Waals surface area contributed by atoms with Gasteiger partial charge in [0.05, 0.1) is 19.2 Å². The Labute approximate surface area is 149 Å². The zero-order chi connectivity index (χ0) is 18.4. The molecule has 1 amide bonds. The number of carbonyl (C=O) groups is 2. The first-order valence-electron chi connectivity index (χ1n) is 7.48. The molecule has 7 heteroatoms. The third-order valence-corrected chi connectivity index (χ3v) is 3.62. The number of benzene rings is 2. The summed E-state index contributed by atoms with van der Waals surface area (Å²) in [6.45, 7) is 1.42. The van der Waals surface area contributed by atoms with E-state index >= 15 is 0 Å². The van der Waals surface area contributed by atoms with Gasteiger partial charge in [0.2, 0.25) is 0 Å². The molecule has 2 aromatic rings. The number of nitrogens with one attached hydrogen (secondary N) is 1. The lowest BCUT2D eigenvalue weighted by Crippen LogP contribution is -2.30. The Bertz CT molecular complexity index is 781. The first kappa shape index (κ1) is 18.7. The molecule has 0 aliphatic rings. The molecule has 0 fully saturated rings. The third kappa shape index (κ3) is 5.19. The summed E-state index contributed by atoms with van der Waals surface area (Å²) in [7, 11) is 1.46. The number of hydrogen-bond donors (Lipinski definition) is 1.